The summed E-state index contributed by atoms with van der Waals surface area (Å²) in [5.74, 6) is 0.322. The molecule has 0 aromatic heterocycles. The molecule has 1 heterocycles. The summed E-state index contributed by atoms with van der Waals surface area (Å²) in [5.41, 5.74) is 5.66. The number of hydrogen-bond acceptors (Lipinski definition) is 9. The molecular weight excluding hydrogens is 314 g/mol. The van der Waals surface area contributed by atoms with Crippen molar-refractivity contribution in [3.05, 3.63) is 0 Å². The van der Waals surface area contributed by atoms with E-state index in [9.17, 15) is 28.3 Å². The molecule has 1 fully saturated rings. The Kier molecular flexibility index (Phi) is 6.63. The fourth-order valence-corrected chi connectivity index (χ4v) is 5.32. The van der Waals surface area contributed by atoms with Crippen molar-refractivity contribution >= 4 is 21.3 Å². The van der Waals surface area contributed by atoms with E-state index in [4.69, 9.17) is 10.8 Å². The molecule has 0 aromatic carbocycles. The zero-order chi connectivity index (χ0) is 15.5. The first-order valence-electron chi connectivity index (χ1n) is 5.83. The largest absolute Gasteiger partial charge is 0.726 e. The molecule has 1 aliphatic heterocycles. The second-order valence-corrected chi connectivity index (χ2v) is 7.90. The second kappa shape index (κ2) is 7.33. The standard InChI is InChI=1S/C9H19NO8S2/c10-5-3-19(8(2-12)9(5)14)4-6(13)7(1-11)18-20(15,16)17/h5-9,11-14H,1-4,10H2/t5-,6-,7+,8-,9+,19?/m1/s1. The molecular formula is C9H19NO8S2. The molecule has 6 N–H and O–H groups in total. The summed E-state index contributed by atoms with van der Waals surface area (Å²) < 4.78 is 35.5. The van der Waals surface area contributed by atoms with Crippen LogP contribution in [0.15, 0.2) is 0 Å². The minimum Gasteiger partial charge on any atom is -0.726 e. The Hall–Kier alpha value is 0.0200. The van der Waals surface area contributed by atoms with Crippen LogP contribution in [0.25, 0.3) is 0 Å². The molecule has 0 aromatic rings. The molecule has 120 valence electrons. The van der Waals surface area contributed by atoms with Gasteiger partial charge in [0.2, 0.25) is 10.4 Å². The predicted molar refractivity (Wildman–Crippen MR) is 69.6 cm³/mol. The molecule has 1 rings (SSSR count). The fraction of sp³-hybridized carbons (Fsp3) is 1.00. The Balaban J connectivity index is 2.66. The van der Waals surface area contributed by atoms with Gasteiger partial charge in [0.05, 0.1) is 19.3 Å². The van der Waals surface area contributed by atoms with Crippen LogP contribution in [0.1, 0.15) is 0 Å². The van der Waals surface area contributed by atoms with Crippen LogP contribution in [-0.2, 0) is 25.5 Å². The van der Waals surface area contributed by atoms with Gasteiger partial charge in [-0.15, -0.1) is 0 Å². The molecule has 0 amide bonds. The van der Waals surface area contributed by atoms with Crippen LogP contribution >= 0.6 is 0 Å². The van der Waals surface area contributed by atoms with Gasteiger partial charge in [0.15, 0.2) is 5.25 Å². The lowest BCUT2D eigenvalue weighted by Gasteiger charge is -2.22. The maximum absolute atomic E-state index is 10.5. The molecule has 6 atom stereocenters. The first-order valence-corrected chi connectivity index (χ1v) is 8.79. The molecule has 1 aliphatic rings. The zero-order valence-corrected chi connectivity index (χ0v) is 12.2. The van der Waals surface area contributed by atoms with Crippen molar-refractivity contribution in [1.29, 1.82) is 0 Å². The van der Waals surface area contributed by atoms with Crippen LogP contribution in [0.5, 0.6) is 0 Å². The van der Waals surface area contributed by atoms with Gasteiger partial charge in [0.25, 0.3) is 0 Å². The van der Waals surface area contributed by atoms with Gasteiger partial charge in [0, 0.05) is 0 Å². The lowest BCUT2D eigenvalue weighted by atomic mass is 10.1. The number of aliphatic hydroxyl groups is 4. The van der Waals surface area contributed by atoms with Gasteiger partial charge in [-0.3, -0.25) is 4.18 Å². The van der Waals surface area contributed by atoms with E-state index in [2.05, 4.69) is 4.18 Å². The van der Waals surface area contributed by atoms with Crippen LogP contribution < -0.4 is 5.73 Å². The number of hydrogen-bond donors (Lipinski definition) is 5. The highest BCUT2D eigenvalue weighted by molar-refractivity contribution is 7.97. The Labute approximate surface area is 119 Å². The predicted octanol–water partition coefficient (Wildman–Crippen LogP) is -4.13. The first-order chi connectivity index (χ1) is 9.19. The summed E-state index contributed by atoms with van der Waals surface area (Å²) in [4.78, 5) is 0. The molecule has 0 saturated carbocycles. The van der Waals surface area contributed by atoms with Crippen LogP contribution in [-0.4, -0.2) is 87.7 Å². The topological polar surface area (TPSA) is 173 Å². The van der Waals surface area contributed by atoms with E-state index in [-0.39, 0.29) is 12.4 Å². The summed E-state index contributed by atoms with van der Waals surface area (Å²) in [7, 11) is -5.71. The van der Waals surface area contributed by atoms with Gasteiger partial charge < -0.3 is 30.7 Å². The molecule has 20 heavy (non-hydrogen) atoms. The van der Waals surface area contributed by atoms with Gasteiger partial charge in [-0.1, -0.05) is 0 Å². The molecule has 0 aliphatic carbocycles. The first kappa shape index (κ1) is 18.1. The molecule has 11 heteroatoms. The third-order valence-electron chi connectivity index (χ3n) is 3.07. The minimum absolute atomic E-state index is 0.0310. The summed E-state index contributed by atoms with van der Waals surface area (Å²) >= 11 is 0. The average molecular weight is 333 g/mol. The van der Waals surface area contributed by atoms with Crippen LogP contribution in [0.4, 0.5) is 0 Å². The number of aliphatic hydroxyl groups excluding tert-OH is 4. The van der Waals surface area contributed by atoms with Crippen molar-refractivity contribution in [2.24, 2.45) is 5.73 Å². The lowest BCUT2D eigenvalue weighted by molar-refractivity contribution is 0.0105. The normalized spacial score (nSPS) is 34.1. The molecule has 9 nitrogen and oxygen atoms in total. The second-order valence-electron chi connectivity index (χ2n) is 4.54. The number of rotatable bonds is 7. The minimum atomic E-state index is -5.05. The van der Waals surface area contributed by atoms with Crippen molar-refractivity contribution in [1.82, 2.24) is 0 Å². The maximum atomic E-state index is 10.5. The van der Waals surface area contributed by atoms with Crippen molar-refractivity contribution in [3.8, 4) is 0 Å². The zero-order valence-electron chi connectivity index (χ0n) is 10.5. The highest BCUT2D eigenvalue weighted by Crippen LogP contribution is 2.24. The van der Waals surface area contributed by atoms with Crippen LogP contribution in [0.2, 0.25) is 0 Å². The van der Waals surface area contributed by atoms with Crippen LogP contribution in [0, 0.1) is 0 Å². The molecule has 1 saturated heterocycles. The highest BCUT2D eigenvalue weighted by Gasteiger charge is 2.49. The van der Waals surface area contributed by atoms with Gasteiger partial charge in [-0.05, 0) is 10.9 Å². The summed E-state index contributed by atoms with van der Waals surface area (Å²) in [6.45, 7) is -1.17. The summed E-state index contributed by atoms with van der Waals surface area (Å²) in [6.07, 6.45) is -3.90. The Morgan fingerprint density at radius 1 is 1.45 bits per heavy atom. The van der Waals surface area contributed by atoms with Crippen molar-refractivity contribution in [3.63, 3.8) is 0 Å². The molecule has 0 bridgehead atoms. The van der Waals surface area contributed by atoms with Crippen molar-refractivity contribution in [2.75, 3.05) is 24.7 Å². The third-order valence-corrected chi connectivity index (χ3v) is 6.42. The van der Waals surface area contributed by atoms with Gasteiger partial charge >= 0.3 is 0 Å². The quantitative estimate of drug-likeness (QED) is 0.176. The van der Waals surface area contributed by atoms with Crippen molar-refractivity contribution in [2.45, 2.75) is 29.6 Å². The SMILES string of the molecule is N[C@@H]1C[S+](C[C@@H](O)[C@H](CO)OS(=O)(=O)[O-])[C@H](CO)[C@H]1O. The van der Waals surface area contributed by atoms with Crippen LogP contribution in [0.3, 0.4) is 0 Å². The lowest BCUT2D eigenvalue weighted by Crippen LogP contribution is -2.43. The van der Waals surface area contributed by atoms with Gasteiger partial charge in [0.1, 0.15) is 29.8 Å². The highest BCUT2D eigenvalue weighted by atomic mass is 32.3. The molecule has 1 unspecified atom stereocenters. The van der Waals surface area contributed by atoms with E-state index in [1.165, 1.54) is 0 Å². The van der Waals surface area contributed by atoms with Gasteiger partial charge in [-0.2, -0.15) is 0 Å². The Morgan fingerprint density at radius 3 is 2.50 bits per heavy atom. The van der Waals surface area contributed by atoms with E-state index < -0.39 is 57.5 Å². The average Bonchev–Trinajstić information content (AvgIpc) is 2.60. The third kappa shape index (κ3) is 4.79. The van der Waals surface area contributed by atoms with E-state index in [0.717, 1.165) is 0 Å². The summed E-state index contributed by atoms with van der Waals surface area (Å²) in [6, 6.07) is -0.542. The molecule has 0 spiro atoms. The number of nitrogens with two attached hydrogens (primary N) is 1. The van der Waals surface area contributed by atoms with E-state index in [1.54, 1.807) is 0 Å². The van der Waals surface area contributed by atoms with Crippen molar-refractivity contribution < 1.29 is 37.6 Å². The van der Waals surface area contributed by atoms with E-state index in [1.807, 2.05) is 0 Å². The Morgan fingerprint density at radius 2 is 2.05 bits per heavy atom. The van der Waals surface area contributed by atoms with E-state index >= 15 is 0 Å². The maximum Gasteiger partial charge on any atom is 0.218 e. The van der Waals surface area contributed by atoms with Gasteiger partial charge in [-0.25, -0.2) is 8.42 Å². The monoisotopic (exact) mass is 333 g/mol. The molecule has 0 radical (unpaired) electrons. The Bertz CT molecular complexity index is 405. The van der Waals surface area contributed by atoms with E-state index in [0.29, 0.717) is 5.75 Å². The smallest absolute Gasteiger partial charge is 0.218 e. The fourth-order valence-electron chi connectivity index (χ4n) is 2.04. The summed E-state index contributed by atoms with van der Waals surface area (Å²) in [5, 5.41) is 37.2.